The van der Waals surface area contributed by atoms with Gasteiger partial charge in [0.2, 0.25) is 0 Å². The van der Waals surface area contributed by atoms with Gasteiger partial charge in [-0.3, -0.25) is 4.79 Å². The normalized spacial score (nSPS) is 17.1. The van der Waals surface area contributed by atoms with E-state index in [0.29, 0.717) is 12.8 Å². The van der Waals surface area contributed by atoms with Crippen molar-refractivity contribution in [2.75, 3.05) is 0 Å². The summed E-state index contributed by atoms with van der Waals surface area (Å²) < 4.78 is 5.06. The molecule has 1 saturated carbocycles. The standard InChI is InChI=1S/C11H16N2O3/c1-10(2,3)16-9(15)13-11(5-6-11)8(14)4-7-12/h4-6H2,1-3H3,(H,13,15). The number of ketones is 1. The Morgan fingerprint density at radius 3 is 2.38 bits per heavy atom. The summed E-state index contributed by atoms with van der Waals surface area (Å²) >= 11 is 0. The minimum atomic E-state index is -0.835. The first-order chi connectivity index (χ1) is 7.29. The first-order valence-corrected chi connectivity index (χ1v) is 5.20. The highest BCUT2D eigenvalue weighted by atomic mass is 16.6. The summed E-state index contributed by atoms with van der Waals surface area (Å²) in [4.78, 5) is 23.0. The average molecular weight is 224 g/mol. The molecule has 1 fully saturated rings. The van der Waals surface area contributed by atoms with Crippen molar-refractivity contribution in [2.24, 2.45) is 0 Å². The fourth-order valence-electron chi connectivity index (χ4n) is 1.34. The van der Waals surface area contributed by atoms with Gasteiger partial charge in [-0.15, -0.1) is 0 Å². The van der Waals surface area contributed by atoms with Crippen LogP contribution in [0.3, 0.4) is 0 Å². The van der Waals surface area contributed by atoms with Crippen LogP contribution in [-0.4, -0.2) is 23.0 Å². The van der Waals surface area contributed by atoms with Gasteiger partial charge >= 0.3 is 6.09 Å². The SMILES string of the molecule is CC(C)(C)OC(=O)NC1(C(=O)CC#N)CC1. The molecule has 0 bridgehead atoms. The summed E-state index contributed by atoms with van der Waals surface area (Å²) in [5.41, 5.74) is -1.42. The predicted molar refractivity (Wildman–Crippen MR) is 56.6 cm³/mol. The van der Waals surface area contributed by atoms with Crippen molar-refractivity contribution in [1.29, 1.82) is 5.26 Å². The molecule has 1 N–H and O–H groups in total. The van der Waals surface area contributed by atoms with Crippen LogP contribution >= 0.6 is 0 Å². The van der Waals surface area contributed by atoms with E-state index in [1.807, 2.05) is 0 Å². The van der Waals surface area contributed by atoms with Gasteiger partial charge in [-0.1, -0.05) is 0 Å². The van der Waals surface area contributed by atoms with Gasteiger partial charge in [0.05, 0.1) is 12.5 Å². The number of carbonyl (C=O) groups is 2. The predicted octanol–water partition coefficient (Wildman–Crippen LogP) is 1.53. The zero-order valence-corrected chi connectivity index (χ0v) is 9.79. The molecule has 0 saturated heterocycles. The average Bonchev–Trinajstić information content (AvgIpc) is 2.82. The number of carbonyl (C=O) groups excluding carboxylic acids is 2. The van der Waals surface area contributed by atoms with Crippen LogP contribution in [0.15, 0.2) is 0 Å². The second-order valence-corrected chi connectivity index (χ2v) is 4.97. The zero-order chi connectivity index (χ0) is 12.4. The smallest absolute Gasteiger partial charge is 0.408 e. The molecule has 0 atom stereocenters. The molecule has 0 radical (unpaired) electrons. The number of nitrogens with zero attached hydrogens (tertiary/aromatic N) is 1. The Labute approximate surface area is 94.8 Å². The van der Waals surface area contributed by atoms with Gasteiger partial charge in [0.25, 0.3) is 0 Å². The van der Waals surface area contributed by atoms with Crippen molar-refractivity contribution in [3.63, 3.8) is 0 Å². The van der Waals surface area contributed by atoms with Crippen molar-refractivity contribution < 1.29 is 14.3 Å². The molecule has 5 heteroatoms. The Hall–Kier alpha value is -1.57. The third kappa shape index (κ3) is 3.23. The Bertz CT molecular complexity index is 345. The van der Waals surface area contributed by atoms with Crippen LogP contribution < -0.4 is 5.32 Å². The molecule has 0 unspecified atom stereocenters. The molecule has 1 aliphatic rings. The van der Waals surface area contributed by atoms with Crippen molar-refractivity contribution >= 4 is 11.9 Å². The van der Waals surface area contributed by atoms with Crippen LogP contribution in [0, 0.1) is 11.3 Å². The van der Waals surface area contributed by atoms with Crippen LogP contribution in [0.25, 0.3) is 0 Å². The van der Waals surface area contributed by atoms with E-state index in [0.717, 1.165) is 0 Å². The molecule has 0 aromatic carbocycles. The molecule has 1 amide bonds. The monoisotopic (exact) mass is 224 g/mol. The van der Waals surface area contributed by atoms with Crippen molar-refractivity contribution in [3.8, 4) is 6.07 Å². The first kappa shape index (κ1) is 12.5. The Balaban J connectivity index is 2.52. The molecule has 1 aliphatic carbocycles. The van der Waals surface area contributed by atoms with Gasteiger partial charge in [0.15, 0.2) is 5.78 Å². The number of amides is 1. The summed E-state index contributed by atoms with van der Waals surface area (Å²) in [6.45, 7) is 5.26. The summed E-state index contributed by atoms with van der Waals surface area (Å²) in [5.74, 6) is -0.235. The third-order valence-electron chi connectivity index (χ3n) is 2.26. The lowest BCUT2D eigenvalue weighted by Gasteiger charge is -2.22. The largest absolute Gasteiger partial charge is 0.444 e. The lowest BCUT2D eigenvalue weighted by molar-refractivity contribution is -0.121. The molecule has 1 rings (SSSR count). The highest BCUT2D eigenvalue weighted by Crippen LogP contribution is 2.37. The Morgan fingerprint density at radius 1 is 1.44 bits per heavy atom. The molecule has 88 valence electrons. The number of rotatable bonds is 3. The van der Waals surface area contributed by atoms with E-state index in [-0.39, 0.29) is 12.2 Å². The van der Waals surface area contributed by atoms with Crippen molar-refractivity contribution in [2.45, 2.75) is 51.2 Å². The lowest BCUT2D eigenvalue weighted by atomic mass is 10.1. The molecule has 0 heterocycles. The quantitative estimate of drug-likeness (QED) is 0.788. The van der Waals surface area contributed by atoms with Crippen LogP contribution in [-0.2, 0) is 9.53 Å². The summed E-state index contributed by atoms with van der Waals surface area (Å²) in [6, 6.07) is 1.79. The number of hydrogen-bond donors (Lipinski definition) is 1. The molecule has 0 spiro atoms. The number of nitriles is 1. The Morgan fingerprint density at radius 2 is 2.00 bits per heavy atom. The van der Waals surface area contributed by atoms with E-state index in [1.54, 1.807) is 26.8 Å². The fourth-order valence-corrected chi connectivity index (χ4v) is 1.34. The first-order valence-electron chi connectivity index (χ1n) is 5.20. The van der Waals surface area contributed by atoms with Crippen LogP contribution in [0.4, 0.5) is 4.79 Å². The maximum absolute atomic E-state index is 11.5. The Kier molecular flexibility index (Phi) is 3.22. The van der Waals surface area contributed by atoms with E-state index in [9.17, 15) is 9.59 Å². The summed E-state index contributed by atoms with van der Waals surface area (Å²) in [7, 11) is 0. The van der Waals surface area contributed by atoms with Crippen molar-refractivity contribution in [1.82, 2.24) is 5.32 Å². The number of ether oxygens (including phenoxy) is 1. The fraction of sp³-hybridized carbons (Fsp3) is 0.727. The highest BCUT2D eigenvalue weighted by Gasteiger charge is 2.51. The summed E-state index contributed by atoms with van der Waals surface area (Å²) in [6.07, 6.45) is 0.409. The van der Waals surface area contributed by atoms with E-state index in [1.165, 1.54) is 0 Å². The van der Waals surface area contributed by atoms with Gasteiger partial charge in [-0.05, 0) is 33.6 Å². The minimum Gasteiger partial charge on any atom is -0.444 e. The molecule has 16 heavy (non-hydrogen) atoms. The zero-order valence-electron chi connectivity index (χ0n) is 9.79. The summed E-state index contributed by atoms with van der Waals surface area (Å²) in [5, 5.41) is 11.0. The van der Waals surface area contributed by atoms with Crippen LogP contribution in [0.5, 0.6) is 0 Å². The van der Waals surface area contributed by atoms with Crippen LogP contribution in [0.1, 0.15) is 40.0 Å². The van der Waals surface area contributed by atoms with E-state index in [2.05, 4.69) is 5.32 Å². The third-order valence-corrected chi connectivity index (χ3v) is 2.26. The maximum atomic E-state index is 11.5. The van der Waals surface area contributed by atoms with E-state index >= 15 is 0 Å². The van der Waals surface area contributed by atoms with Crippen LogP contribution in [0.2, 0.25) is 0 Å². The van der Waals surface area contributed by atoms with Gasteiger partial charge in [-0.25, -0.2) is 4.79 Å². The van der Waals surface area contributed by atoms with Gasteiger partial charge in [-0.2, -0.15) is 5.26 Å². The van der Waals surface area contributed by atoms with E-state index in [4.69, 9.17) is 10.00 Å². The van der Waals surface area contributed by atoms with Crippen molar-refractivity contribution in [3.05, 3.63) is 0 Å². The highest BCUT2D eigenvalue weighted by molar-refractivity contribution is 5.95. The van der Waals surface area contributed by atoms with Gasteiger partial charge < -0.3 is 10.1 Å². The molecular weight excluding hydrogens is 208 g/mol. The second kappa shape index (κ2) is 4.12. The molecule has 0 aliphatic heterocycles. The lowest BCUT2D eigenvalue weighted by Crippen LogP contribution is -2.45. The molecule has 0 aromatic rings. The minimum absolute atomic E-state index is 0.171. The topological polar surface area (TPSA) is 79.2 Å². The number of hydrogen-bond acceptors (Lipinski definition) is 4. The molecule has 5 nitrogen and oxygen atoms in total. The number of alkyl carbamates (subject to hydrolysis) is 1. The number of Topliss-reactive ketones (excluding diaryl/α,β-unsaturated/α-hetero) is 1. The molecule has 0 aromatic heterocycles. The molecular formula is C11H16N2O3. The van der Waals surface area contributed by atoms with E-state index < -0.39 is 17.2 Å². The number of nitrogens with one attached hydrogen (secondary N) is 1. The second-order valence-electron chi connectivity index (χ2n) is 4.97. The van der Waals surface area contributed by atoms with Gasteiger partial charge in [0.1, 0.15) is 11.1 Å². The maximum Gasteiger partial charge on any atom is 0.408 e. The van der Waals surface area contributed by atoms with Gasteiger partial charge in [0, 0.05) is 0 Å².